The molecule has 2 aromatic carbocycles. The van der Waals surface area contributed by atoms with Crippen molar-refractivity contribution < 1.29 is 19.7 Å². The highest BCUT2D eigenvalue weighted by Gasteiger charge is 2.19. The summed E-state index contributed by atoms with van der Waals surface area (Å²) in [5.41, 5.74) is 1.84. The van der Waals surface area contributed by atoms with Gasteiger partial charge in [0.2, 0.25) is 0 Å². The molecule has 0 amide bonds. The number of aromatic hydroxyl groups is 1. The number of nitrogens with zero attached hydrogens (tertiary/aromatic N) is 2. The van der Waals surface area contributed by atoms with Gasteiger partial charge in [-0.1, -0.05) is 24.3 Å². The maximum atomic E-state index is 11.4. The van der Waals surface area contributed by atoms with Crippen LogP contribution < -0.4 is 4.74 Å². The predicted molar refractivity (Wildman–Crippen MR) is 88.2 cm³/mol. The average Bonchev–Trinajstić information content (AvgIpc) is 2.85. The number of aryl methyl sites for hydroxylation is 1. The molecule has 0 bridgehead atoms. The Morgan fingerprint density at radius 3 is 2.46 bits per heavy atom. The van der Waals surface area contributed by atoms with Crippen LogP contribution in [0.5, 0.6) is 17.2 Å². The summed E-state index contributed by atoms with van der Waals surface area (Å²) < 4.78 is 7.33. The highest BCUT2D eigenvalue weighted by molar-refractivity contribution is 5.91. The number of carboxylic acids is 1. The normalized spacial score (nSPS) is 10.6. The summed E-state index contributed by atoms with van der Waals surface area (Å²) in [7, 11) is 0. The third-order valence-electron chi connectivity index (χ3n) is 3.66. The van der Waals surface area contributed by atoms with Gasteiger partial charge in [0.1, 0.15) is 5.69 Å². The molecule has 0 spiro atoms. The van der Waals surface area contributed by atoms with E-state index in [0.29, 0.717) is 28.6 Å². The monoisotopic (exact) mass is 324 g/mol. The smallest absolute Gasteiger partial charge is 0.337 e. The number of para-hydroxylation sites is 3. The number of hydrogen-bond donors (Lipinski definition) is 2. The van der Waals surface area contributed by atoms with E-state index in [2.05, 4.69) is 5.10 Å². The van der Waals surface area contributed by atoms with Crippen molar-refractivity contribution in [3.05, 3.63) is 65.5 Å². The van der Waals surface area contributed by atoms with E-state index >= 15 is 0 Å². The fraction of sp³-hybridized carbons (Fsp3) is 0.111. The van der Waals surface area contributed by atoms with Crippen LogP contribution in [0.15, 0.2) is 48.5 Å². The minimum absolute atomic E-state index is 0.0231. The van der Waals surface area contributed by atoms with Crippen LogP contribution in [0.4, 0.5) is 0 Å². The van der Waals surface area contributed by atoms with Gasteiger partial charge in [-0.05, 0) is 38.1 Å². The lowest BCUT2D eigenvalue weighted by molar-refractivity contribution is 0.0696. The molecule has 0 aliphatic carbocycles. The van der Waals surface area contributed by atoms with Gasteiger partial charge in [0, 0.05) is 0 Å². The molecule has 3 aromatic rings. The lowest BCUT2D eigenvalue weighted by atomic mass is 10.2. The number of aromatic nitrogens is 2. The summed E-state index contributed by atoms with van der Waals surface area (Å²) in [6, 6.07) is 13.3. The molecule has 1 aromatic heterocycles. The first-order valence-electron chi connectivity index (χ1n) is 7.34. The highest BCUT2D eigenvalue weighted by Crippen LogP contribution is 2.34. The van der Waals surface area contributed by atoms with Gasteiger partial charge in [-0.3, -0.25) is 0 Å². The standard InChI is InChI=1S/C18H16N2O4/c1-11-17(24-16-10-6-5-9-15(16)21)12(2)20(19-11)14-8-4-3-7-13(14)18(22)23/h3-10,21H,1-2H3,(H,22,23). The average molecular weight is 324 g/mol. The number of aromatic carboxylic acids is 1. The van der Waals surface area contributed by atoms with Crippen molar-refractivity contribution in [3.8, 4) is 22.9 Å². The third-order valence-corrected chi connectivity index (χ3v) is 3.66. The molecule has 6 nitrogen and oxygen atoms in total. The largest absolute Gasteiger partial charge is 0.504 e. The molecule has 3 rings (SSSR count). The van der Waals surface area contributed by atoms with Gasteiger partial charge in [0.25, 0.3) is 0 Å². The summed E-state index contributed by atoms with van der Waals surface area (Å²) in [6.45, 7) is 3.55. The second kappa shape index (κ2) is 6.08. The van der Waals surface area contributed by atoms with Crippen LogP contribution in [-0.4, -0.2) is 26.0 Å². The minimum atomic E-state index is -1.03. The van der Waals surface area contributed by atoms with E-state index in [1.54, 1.807) is 50.2 Å². The van der Waals surface area contributed by atoms with Gasteiger partial charge in [0.15, 0.2) is 17.2 Å². The molecular weight excluding hydrogens is 308 g/mol. The van der Waals surface area contributed by atoms with Gasteiger partial charge in [-0.2, -0.15) is 5.10 Å². The molecule has 0 unspecified atom stereocenters. The van der Waals surface area contributed by atoms with Gasteiger partial charge in [-0.25, -0.2) is 9.48 Å². The lowest BCUT2D eigenvalue weighted by Gasteiger charge is -2.10. The Morgan fingerprint density at radius 1 is 1.08 bits per heavy atom. The molecule has 24 heavy (non-hydrogen) atoms. The van der Waals surface area contributed by atoms with Crippen molar-refractivity contribution in [2.45, 2.75) is 13.8 Å². The summed E-state index contributed by atoms with van der Waals surface area (Å²) in [5, 5.41) is 23.6. The van der Waals surface area contributed by atoms with E-state index in [4.69, 9.17) is 4.74 Å². The van der Waals surface area contributed by atoms with Crippen molar-refractivity contribution in [1.82, 2.24) is 9.78 Å². The topological polar surface area (TPSA) is 84.6 Å². The Bertz CT molecular complexity index is 915. The second-order valence-corrected chi connectivity index (χ2v) is 5.30. The van der Waals surface area contributed by atoms with Crippen LogP contribution in [0, 0.1) is 13.8 Å². The molecule has 0 aliphatic heterocycles. The Hall–Kier alpha value is -3.28. The number of hydrogen-bond acceptors (Lipinski definition) is 4. The van der Waals surface area contributed by atoms with Crippen molar-refractivity contribution >= 4 is 5.97 Å². The van der Waals surface area contributed by atoms with Crippen LogP contribution in [0.25, 0.3) is 5.69 Å². The number of carbonyl (C=O) groups is 1. The molecule has 0 fully saturated rings. The predicted octanol–water partition coefficient (Wildman–Crippen LogP) is 3.69. The second-order valence-electron chi connectivity index (χ2n) is 5.30. The molecule has 122 valence electrons. The molecule has 0 saturated heterocycles. The zero-order valence-electron chi connectivity index (χ0n) is 13.2. The van der Waals surface area contributed by atoms with Crippen molar-refractivity contribution in [2.24, 2.45) is 0 Å². The van der Waals surface area contributed by atoms with Crippen LogP contribution in [0.2, 0.25) is 0 Å². The van der Waals surface area contributed by atoms with E-state index in [0.717, 1.165) is 0 Å². The van der Waals surface area contributed by atoms with Crippen molar-refractivity contribution in [3.63, 3.8) is 0 Å². The van der Waals surface area contributed by atoms with E-state index in [9.17, 15) is 15.0 Å². The number of phenolic OH excluding ortho intramolecular Hbond substituents is 1. The van der Waals surface area contributed by atoms with Gasteiger partial charge >= 0.3 is 5.97 Å². The first-order chi connectivity index (χ1) is 11.5. The number of ether oxygens (including phenoxy) is 1. The number of benzene rings is 2. The van der Waals surface area contributed by atoms with Crippen LogP contribution >= 0.6 is 0 Å². The number of phenols is 1. The third kappa shape index (κ3) is 2.69. The highest BCUT2D eigenvalue weighted by atomic mass is 16.5. The van der Waals surface area contributed by atoms with Gasteiger partial charge in [0.05, 0.1) is 16.9 Å². The Morgan fingerprint density at radius 2 is 1.75 bits per heavy atom. The van der Waals surface area contributed by atoms with Gasteiger partial charge in [-0.15, -0.1) is 0 Å². The maximum absolute atomic E-state index is 11.4. The number of carboxylic acid groups (broad SMARTS) is 1. The van der Waals surface area contributed by atoms with E-state index in [-0.39, 0.29) is 11.3 Å². The molecule has 0 atom stereocenters. The van der Waals surface area contributed by atoms with Crippen LogP contribution in [0.3, 0.4) is 0 Å². The van der Waals surface area contributed by atoms with Crippen LogP contribution in [0.1, 0.15) is 21.7 Å². The first kappa shape index (κ1) is 15.6. The summed E-state index contributed by atoms with van der Waals surface area (Å²) in [4.78, 5) is 11.4. The molecule has 0 radical (unpaired) electrons. The fourth-order valence-electron chi connectivity index (χ4n) is 2.50. The van der Waals surface area contributed by atoms with E-state index in [1.807, 2.05) is 0 Å². The zero-order chi connectivity index (χ0) is 17.3. The molecule has 2 N–H and O–H groups in total. The van der Waals surface area contributed by atoms with Crippen molar-refractivity contribution in [1.29, 1.82) is 0 Å². The summed E-state index contributed by atoms with van der Waals surface area (Å²) in [6.07, 6.45) is 0. The quantitative estimate of drug-likeness (QED) is 0.764. The lowest BCUT2D eigenvalue weighted by Crippen LogP contribution is -2.07. The Balaban J connectivity index is 2.08. The maximum Gasteiger partial charge on any atom is 0.337 e. The minimum Gasteiger partial charge on any atom is -0.504 e. The Labute approximate surface area is 138 Å². The Kier molecular flexibility index (Phi) is 3.95. The fourth-order valence-corrected chi connectivity index (χ4v) is 2.50. The summed E-state index contributed by atoms with van der Waals surface area (Å²) in [5.74, 6) is -0.206. The molecule has 0 aliphatic rings. The molecule has 6 heteroatoms. The van der Waals surface area contributed by atoms with Gasteiger partial charge < -0.3 is 14.9 Å². The SMILES string of the molecule is Cc1nn(-c2ccccc2C(=O)O)c(C)c1Oc1ccccc1O. The summed E-state index contributed by atoms with van der Waals surface area (Å²) >= 11 is 0. The number of rotatable bonds is 4. The molecular formula is C18H16N2O4. The van der Waals surface area contributed by atoms with E-state index in [1.165, 1.54) is 16.8 Å². The molecule has 0 saturated carbocycles. The first-order valence-corrected chi connectivity index (χ1v) is 7.34. The van der Waals surface area contributed by atoms with Crippen molar-refractivity contribution in [2.75, 3.05) is 0 Å². The zero-order valence-corrected chi connectivity index (χ0v) is 13.2. The van der Waals surface area contributed by atoms with Crippen LogP contribution in [-0.2, 0) is 0 Å². The molecule has 1 heterocycles. The van der Waals surface area contributed by atoms with E-state index < -0.39 is 5.97 Å².